The summed E-state index contributed by atoms with van der Waals surface area (Å²) in [4.78, 5) is 36.1. The van der Waals surface area contributed by atoms with Gasteiger partial charge in [0.05, 0.1) is 25.9 Å². The molecule has 0 saturated carbocycles. The van der Waals surface area contributed by atoms with Gasteiger partial charge in [-0.3, -0.25) is 14.5 Å². The number of likely N-dealkylation sites (N-methyl/N-ethyl adjacent to an activating group) is 1. The van der Waals surface area contributed by atoms with Gasteiger partial charge >= 0.3 is 0 Å². The van der Waals surface area contributed by atoms with Crippen LogP contribution in [0.15, 0.2) is 67.1 Å². The molecule has 4 N–H and O–H groups in total. The summed E-state index contributed by atoms with van der Waals surface area (Å²) in [6.07, 6.45) is 3.19. The number of methoxy groups -OCH3 is 1. The third-order valence-corrected chi connectivity index (χ3v) is 6.34. The first-order valence-electron chi connectivity index (χ1n) is 13.0. The first-order chi connectivity index (χ1) is 19.9. The number of nitrogens with zero attached hydrogens (tertiary/aromatic N) is 4. The number of fused-ring (bicyclic) bond motifs is 8. The quantitative estimate of drug-likeness (QED) is 0.278. The smallest absolute Gasteiger partial charge is 0.268 e. The van der Waals surface area contributed by atoms with Crippen molar-refractivity contribution in [2.24, 2.45) is 7.05 Å². The SMILES string of the molecule is COc1ccc2cc1OCCNC(=O)c1cc(cn1C)NC(=O)CN(C)Cc1cccc(c1)Nc1cc(ncn1)N2. The van der Waals surface area contributed by atoms with E-state index >= 15 is 0 Å². The Hall–Kier alpha value is -5.10. The van der Waals surface area contributed by atoms with Crippen LogP contribution in [0.3, 0.4) is 0 Å². The fraction of sp³-hybridized carbons (Fsp3) is 0.241. The molecule has 1 aliphatic rings. The van der Waals surface area contributed by atoms with E-state index in [2.05, 4.69) is 31.2 Å². The van der Waals surface area contributed by atoms with E-state index in [1.807, 2.05) is 42.3 Å². The van der Waals surface area contributed by atoms with Crippen LogP contribution in [0.1, 0.15) is 16.1 Å². The molecule has 0 radical (unpaired) electrons. The number of aryl methyl sites for hydroxylation is 1. The van der Waals surface area contributed by atoms with Gasteiger partial charge in [0.25, 0.3) is 5.91 Å². The number of anilines is 5. The lowest BCUT2D eigenvalue weighted by molar-refractivity contribution is -0.117. The molecule has 212 valence electrons. The van der Waals surface area contributed by atoms with Crippen molar-refractivity contribution in [2.75, 3.05) is 49.8 Å². The number of hydrogen-bond acceptors (Lipinski definition) is 9. The lowest BCUT2D eigenvalue weighted by Gasteiger charge is -2.17. The number of ether oxygens (including phenoxy) is 2. The molecule has 8 bridgehead atoms. The molecule has 2 aromatic carbocycles. The number of nitrogens with one attached hydrogen (secondary N) is 4. The second kappa shape index (κ2) is 12.4. The molecule has 0 unspecified atom stereocenters. The van der Waals surface area contributed by atoms with Crippen molar-refractivity contribution in [1.82, 2.24) is 24.8 Å². The topological polar surface area (TPSA) is 135 Å². The summed E-state index contributed by atoms with van der Waals surface area (Å²) >= 11 is 0. The van der Waals surface area contributed by atoms with Crippen LogP contribution >= 0.6 is 0 Å². The molecule has 2 amide bonds. The van der Waals surface area contributed by atoms with E-state index in [4.69, 9.17) is 9.47 Å². The number of aromatic nitrogens is 3. The van der Waals surface area contributed by atoms with Crippen molar-refractivity contribution in [3.05, 3.63) is 78.4 Å². The molecule has 0 atom stereocenters. The molecule has 0 spiro atoms. The van der Waals surface area contributed by atoms with Gasteiger partial charge in [-0.1, -0.05) is 12.1 Å². The van der Waals surface area contributed by atoms with E-state index in [9.17, 15) is 9.59 Å². The summed E-state index contributed by atoms with van der Waals surface area (Å²) in [5, 5.41) is 12.3. The van der Waals surface area contributed by atoms with Gasteiger partial charge in [0, 0.05) is 43.3 Å². The normalized spacial score (nSPS) is 14.8. The van der Waals surface area contributed by atoms with Gasteiger partial charge < -0.3 is 35.3 Å². The average molecular weight is 557 g/mol. The second-order valence-electron chi connectivity index (χ2n) is 9.65. The van der Waals surface area contributed by atoms with Crippen molar-refractivity contribution >= 4 is 40.5 Å². The summed E-state index contributed by atoms with van der Waals surface area (Å²) in [6, 6.07) is 16.8. The minimum atomic E-state index is -0.279. The van der Waals surface area contributed by atoms with Gasteiger partial charge in [-0.05, 0) is 42.9 Å². The lowest BCUT2D eigenvalue weighted by atomic mass is 10.2. The van der Waals surface area contributed by atoms with E-state index in [0.29, 0.717) is 41.1 Å². The molecule has 12 heteroatoms. The number of carbonyl (C=O) groups is 2. The fourth-order valence-corrected chi connectivity index (χ4v) is 4.49. The predicted octanol–water partition coefficient (Wildman–Crippen LogP) is 3.50. The first kappa shape index (κ1) is 27.5. The Morgan fingerprint density at radius 2 is 1.66 bits per heavy atom. The minimum Gasteiger partial charge on any atom is -0.493 e. The van der Waals surface area contributed by atoms with Crippen molar-refractivity contribution in [3.63, 3.8) is 0 Å². The Morgan fingerprint density at radius 3 is 2.44 bits per heavy atom. The maximum absolute atomic E-state index is 12.8. The van der Waals surface area contributed by atoms with Crippen LogP contribution in [0.4, 0.5) is 28.7 Å². The first-order valence-corrected chi connectivity index (χ1v) is 13.0. The Morgan fingerprint density at radius 1 is 0.878 bits per heavy atom. The monoisotopic (exact) mass is 556 g/mol. The zero-order valence-corrected chi connectivity index (χ0v) is 23.1. The zero-order valence-electron chi connectivity index (χ0n) is 23.1. The molecular weight excluding hydrogens is 524 g/mol. The Kier molecular flexibility index (Phi) is 8.30. The number of amides is 2. The molecule has 5 rings (SSSR count). The molecular formula is C29H32N8O4. The summed E-state index contributed by atoms with van der Waals surface area (Å²) in [5.41, 5.74) is 3.59. The Balaban J connectivity index is 1.41. The molecule has 0 saturated heterocycles. The maximum atomic E-state index is 12.8. The number of benzene rings is 2. The van der Waals surface area contributed by atoms with E-state index in [0.717, 1.165) is 16.9 Å². The summed E-state index contributed by atoms with van der Waals surface area (Å²) in [5.74, 6) is 1.81. The molecule has 1 aliphatic heterocycles. The van der Waals surface area contributed by atoms with Crippen molar-refractivity contribution < 1.29 is 19.1 Å². The highest BCUT2D eigenvalue weighted by molar-refractivity contribution is 5.97. The highest BCUT2D eigenvalue weighted by atomic mass is 16.5. The zero-order chi connectivity index (χ0) is 28.8. The molecule has 41 heavy (non-hydrogen) atoms. The van der Waals surface area contributed by atoms with Crippen LogP contribution in [0.2, 0.25) is 0 Å². The van der Waals surface area contributed by atoms with E-state index < -0.39 is 0 Å². The molecule has 4 aromatic rings. The largest absolute Gasteiger partial charge is 0.493 e. The van der Waals surface area contributed by atoms with Crippen molar-refractivity contribution in [2.45, 2.75) is 6.54 Å². The predicted molar refractivity (Wildman–Crippen MR) is 156 cm³/mol. The highest BCUT2D eigenvalue weighted by Gasteiger charge is 2.15. The Bertz CT molecular complexity index is 1550. The minimum absolute atomic E-state index is 0.177. The third-order valence-electron chi connectivity index (χ3n) is 6.34. The van der Waals surface area contributed by atoms with Gasteiger partial charge in [0.1, 0.15) is 30.3 Å². The molecule has 2 aromatic heterocycles. The van der Waals surface area contributed by atoms with Crippen molar-refractivity contribution in [1.29, 1.82) is 0 Å². The van der Waals surface area contributed by atoms with E-state index in [1.165, 1.54) is 6.33 Å². The van der Waals surface area contributed by atoms with Gasteiger partial charge in [0.15, 0.2) is 11.5 Å². The van der Waals surface area contributed by atoms with Crippen LogP contribution in [-0.4, -0.2) is 65.1 Å². The van der Waals surface area contributed by atoms with Crippen LogP contribution < -0.4 is 30.7 Å². The van der Waals surface area contributed by atoms with Gasteiger partial charge in [-0.15, -0.1) is 0 Å². The molecule has 0 fully saturated rings. The maximum Gasteiger partial charge on any atom is 0.268 e. The van der Waals surface area contributed by atoms with Gasteiger partial charge in [-0.25, -0.2) is 9.97 Å². The second-order valence-corrected chi connectivity index (χ2v) is 9.65. The summed E-state index contributed by atoms with van der Waals surface area (Å²) < 4.78 is 13.1. The fourth-order valence-electron chi connectivity index (χ4n) is 4.49. The van der Waals surface area contributed by atoms with E-state index in [-0.39, 0.29) is 31.5 Å². The van der Waals surface area contributed by atoms with Crippen LogP contribution in [-0.2, 0) is 18.4 Å². The average Bonchev–Trinajstić information content (AvgIpc) is 3.30. The van der Waals surface area contributed by atoms with E-state index in [1.54, 1.807) is 49.2 Å². The Labute approximate surface area is 237 Å². The number of rotatable bonds is 1. The summed E-state index contributed by atoms with van der Waals surface area (Å²) in [6.45, 7) is 1.21. The lowest BCUT2D eigenvalue weighted by Crippen LogP contribution is -2.30. The number of carbonyl (C=O) groups excluding carboxylic acids is 2. The molecule has 0 aliphatic carbocycles. The standard InChI is InChI=1S/C29H32N8O4/c1-36-15-19-5-4-6-20(11-19)33-26-14-27(32-18-31-26)34-21-7-8-24(40-3)25(13-21)41-10-9-30-29(39)23-12-22(16-37(23)2)35-28(38)17-36/h4-8,11-14,16,18H,9-10,15,17H2,1-3H3,(H,30,39)(H,35,38)(H2,31,32,33,34). The highest BCUT2D eigenvalue weighted by Crippen LogP contribution is 2.31. The van der Waals surface area contributed by atoms with Crippen LogP contribution in [0, 0.1) is 0 Å². The van der Waals surface area contributed by atoms with Gasteiger partial charge in [0.2, 0.25) is 5.91 Å². The van der Waals surface area contributed by atoms with Gasteiger partial charge in [-0.2, -0.15) is 0 Å². The third kappa shape index (κ3) is 7.11. The molecule has 12 nitrogen and oxygen atoms in total. The molecule has 3 heterocycles. The van der Waals surface area contributed by atoms with Crippen molar-refractivity contribution in [3.8, 4) is 11.5 Å². The van der Waals surface area contributed by atoms with Crippen LogP contribution in [0.25, 0.3) is 0 Å². The summed E-state index contributed by atoms with van der Waals surface area (Å²) in [7, 11) is 5.20. The van der Waals surface area contributed by atoms with Crippen LogP contribution in [0.5, 0.6) is 11.5 Å². The number of hydrogen-bond donors (Lipinski definition) is 4.